The zero-order valence-corrected chi connectivity index (χ0v) is 16.5. The van der Waals surface area contributed by atoms with Crippen LogP contribution in [0.3, 0.4) is 0 Å². The molecule has 0 aliphatic heterocycles. The van der Waals surface area contributed by atoms with Crippen molar-refractivity contribution < 1.29 is 13.6 Å². The second-order valence-electron chi connectivity index (χ2n) is 6.71. The number of imidazole rings is 1. The van der Waals surface area contributed by atoms with Crippen molar-refractivity contribution in [3.8, 4) is 0 Å². The van der Waals surface area contributed by atoms with Crippen LogP contribution in [0.5, 0.6) is 0 Å². The highest BCUT2D eigenvalue weighted by molar-refractivity contribution is 7.22. The smallest absolute Gasteiger partial charge is 0.260 e. The number of amides is 1. The molecule has 0 aliphatic rings. The van der Waals surface area contributed by atoms with Crippen LogP contribution in [0.4, 0.5) is 13.9 Å². The number of hydrogen-bond acceptors (Lipinski definition) is 4. The van der Waals surface area contributed by atoms with Crippen LogP contribution in [0.15, 0.2) is 55.1 Å². The van der Waals surface area contributed by atoms with E-state index in [1.165, 1.54) is 11.0 Å². The van der Waals surface area contributed by atoms with Crippen LogP contribution < -0.4 is 4.90 Å². The van der Waals surface area contributed by atoms with Gasteiger partial charge in [-0.05, 0) is 31.5 Å². The van der Waals surface area contributed by atoms with Gasteiger partial charge in [-0.25, -0.2) is 18.7 Å². The van der Waals surface area contributed by atoms with Gasteiger partial charge in [0.2, 0.25) is 0 Å². The summed E-state index contributed by atoms with van der Waals surface area (Å²) in [7, 11) is 0. The summed E-state index contributed by atoms with van der Waals surface area (Å²) in [5.74, 6) is -1.62. The fraction of sp³-hybridized carbons (Fsp3) is 0.190. The van der Waals surface area contributed by atoms with Gasteiger partial charge in [0.05, 0.1) is 11.0 Å². The first-order valence-electron chi connectivity index (χ1n) is 9.11. The molecule has 0 fully saturated rings. The van der Waals surface area contributed by atoms with Crippen molar-refractivity contribution in [1.29, 1.82) is 0 Å². The van der Waals surface area contributed by atoms with Gasteiger partial charge in [0.25, 0.3) is 5.91 Å². The third-order valence-corrected chi connectivity index (χ3v) is 5.53. The number of halogens is 2. The van der Waals surface area contributed by atoms with Gasteiger partial charge in [-0.3, -0.25) is 9.69 Å². The molecule has 8 heteroatoms. The maximum Gasteiger partial charge on any atom is 0.260 e. The van der Waals surface area contributed by atoms with E-state index in [1.54, 1.807) is 24.7 Å². The Morgan fingerprint density at radius 2 is 2.10 bits per heavy atom. The molecule has 29 heavy (non-hydrogen) atoms. The maximum atomic E-state index is 14.1. The number of nitrogens with zero attached hydrogens (tertiary/aromatic N) is 4. The summed E-state index contributed by atoms with van der Waals surface area (Å²) in [4.78, 5) is 23.1. The minimum Gasteiger partial charge on any atom is -0.337 e. The van der Waals surface area contributed by atoms with Crippen molar-refractivity contribution in [3.63, 3.8) is 0 Å². The molecule has 0 saturated carbocycles. The highest BCUT2D eigenvalue weighted by Gasteiger charge is 2.22. The Morgan fingerprint density at radius 3 is 2.86 bits per heavy atom. The summed E-state index contributed by atoms with van der Waals surface area (Å²) in [6.45, 7) is 2.97. The first-order valence-corrected chi connectivity index (χ1v) is 9.93. The lowest BCUT2D eigenvalue weighted by molar-refractivity contribution is 0.0986. The summed E-state index contributed by atoms with van der Waals surface area (Å²) in [5, 5.41) is 0.349. The number of rotatable bonds is 6. The lowest BCUT2D eigenvalue weighted by Crippen LogP contribution is -2.32. The molecule has 0 N–H and O–H groups in total. The fourth-order valence-corrected chi connectivity index (χ4v) is 4.14. The first-order chi connectivity index (χ1) is 14.0. The van der Waals surface area contributed by atoms with Crippen LogP contribution in [0.1, 0.15) is 22.3 Å². The summed E-state index contributed by atoms with van der Waals surface area (Å²) < 4.78 is 30.0. The molecule has 4 aromatic rings. The minimum atomic E-state index is -0.733. The Labute approximate surface area is 170 Å². The summed E-state index contributed by atoms with van der Waals surface area (Å²) in [6.07, 6.45) is 5.91. The van der Waals surface area contributed by atoms with Gasteiger partial charge in [-0.1, -0.05) is 29.0 Å². The predicted octanol–water partition coefficient (Wildman–Crippen LogP) is 4.82. The molecule has 148 valence electrons. The summed E-state index contributed by atoms with van der Waals surface area (Å²) in [6, 6.07) is 9.32. The Kier molecular flexibility index (Phi) is 5.35. The van der Waals surface area contributed by atoms with Crippen molar-refractivity contribution in [2.45, 2.75) is 19.9 Å². The number of aromatic nitrogens is 3. The van der Waals surface area contributed by atoms with Crippen molar-refractivity contribution in [1.82, 2.24) is 14.5 Å². The zero-order chi connectivity index (χ0) is 20.4. The molecule has 5 nitrogen and oxygen atoms in total. The van der Waals surface area contributed by atoms with E-state index in [-0.39, 0.29) is 11.4 Å². The average molecular weight is 412 g/mol. The molecular formula is C21H18F2N4OS. The van der Waals surface area contributed by atoms with Crippen LogP contribution in [0, 0.1) is 18.6 Å². The van der Waals surface area contributed by atoms with E-state index >= 15 is 0 Å². The number of carbonyl (C=O) groups excluding carboxylic acids is 1. The van der Waals surface area contributed by atoms with E-state index in [9.17, 15) is 13.6 Å². The Morgan fingerprint density at radius 1 is 1.24 bits per heavy atom. The maximum absolute atomic E-state index is 14.1. The third-order valence-electron chi connectivity index (χ3n) is 4.50. The molecular weight excluding hydrogens is 394 g/mol. The van der Waals surface area contributed by atoms with E-state index in [0.717, 1.165) is 23.0 Å². The third kappa shape index (κ3) is 4.17. The van der Waals surface area contributed by atoms with Crippen LogP contribution in [0.25, 0.3) is 10.2 Å². The molecule has 0 atom stereocenters. The van der Waals surface area contributed by atoms with E-state index in [0.29, 0.717) is 34.9 Å². The number of anilines is 1. The fourth-order valence-electron chi connectivity index (χ4n) is 3.11. The molecule has 2 heterocycles. The monoisotopic (exact) mass is 412 g/mol. The predicted molar refractivity (Wildman–Crippen MR) is 109 cm³/mol. The standard InChI is InChI=1S/C21H18F2N4OS/c1-14-4-2-5-15(10-14)20(28)27(8-3-7-26-9-6-24-13-26)21-25-19-17(23)11-16(22)12-18(19)29-21/h2,4-6,9-13H,3,7-8H2,1H3. The quantitative estimate of drug-likeness (QED) is 0.456. The molecule has 2 aromatic heterocycles. The number of carbonyl (C=O) groups is 1. The largest absolute Gasteiger partial charge is 0.337 e. The molecule has 0 bridgehead atoms. The first kappa shape index (κ1) is 19.2. The van der Waals surface area contributed by atoms with Crippen LogP contribution in [-0.2, 0) is 6.54 Å². The Balaban J connectivity index is 1.67. The van der Waals surface area contributed by atoms with E-state index in [1.807, 2.05) is 29.8 Å². The van der Waals surface area contributed by atoms with Gasteiger partial charge in [0.15, 0.2) is 10.9 Å². The normalized spacial score (nSPS) is 11.1. The number of fused-ring (bicyclic) bond motifs is 1. The second kappa shape index (κ2) is 8.08. The lowest BCUT2D eigenvalue weighted by Gasteiger charge is -2.20. The minimum absolute atomic E-state index is 0.0723. The number of aryl methyl sites for hydroxylation is 2. The van der Waals surface area contributed by atoms with Gasteiger partial charge in [-0.15, -0.1) is 0 Å². The molecule has 0 unspecified atom stereocenters. The molecule has 4 rings (SSSR count). The summed E-state index contributed by atoms with van der Waals surface area (Å²) >= 11 is 1.10. The van der Waals surface area contributed by atoms with E-state index < -0.39 is 11.6 Å². The van der Waals surface area contributed by atoms with Crippen LogP contribution in [-0.4, -0.2) is 27.0 Å². The van der Waals surface area contributed by atoms with Crippen molar-refractivity contribution in [2.75, 3.05) is 11.4 Å². The molecule has 1 amide bonds. The van der Waals surface area contributed by atoms with Crippen LogP contribution >= 0.6 is 11.3 Å². The molecule has 0 saturated heterocycles. The van der Waals surface area contributed by atoms with Gasteiger partial charge < -0.3 is 4.57 Å². The average Bonchev–Trinajstić information content (AvgIpc) is 3.34. The lowest BCUT2D eigenvalue weighted by atomic mass is 10.1. The van der Waals surface area contributed by atoms with Gasteiger partial charge in [0, 0.05) is 37.1 Å². The van der Waals surface area contributed by atoms with Crippen molar-refractivity contribution in [2.24, 2.45) is 0 Å². The van der Waals surface area contributed by atoms with E-state index in [4.69, 9.17) is 0 Å². The van der Waals surface area contributed by atoms with Gasteiger partial charge >= 0.3 is 0 Å². The molecule has 0 aliphatic carbocycles. The van der Waals surface area contributed by atoms with E-state index in [2.05, 4.69) is 9.97 Å². The van der Waals surface area contributed by atoms with Gasteiger partial charge in [-0.2, -0.15) is 0 Å². The van der Waals surface area contributed by atoms with Crippen molar-refractivity contribution in [3.05, 3.63) is 77.9 Å². The Bertz CT molecular complexity index is 1160. The number of benzene rings is 2. The Hall–Kier alpha value is -3.13. The molecule has 0 spiro atoms. The molecule has 0 radical (unpaired) electrons. The highest BCUT2D eigenvalue weighted by Crippen LogP contribution is 2.32. The number of thiazole rings is 1. The SMILES string of the molecule is Cc1cccc(C(=O)N(CCCn2ccnc2)c2nc3c(F)cc(F)cc3s2)c1. The highest BCUT2D eigenvalue weighted by atomic mass is 32.1. The van der Waals surface area contributed by atoms with Gasteiger partial charge in [0.1, 0.15) is 11.3 Å². The second-order valence-corrected chi connectivity index (χ2v) is 7.72. The number of hydrogen-bond donors (Lipinski definition) is 0. The zero-order valence-electron chi connectivity index (χ0n) is 15.7. The van der Waals surface area contributed by atoms with Crippen molar-refractivity contribution >= 4 is 32.6 Å². The molecule has 2 aromatic carbocycles. The topological polar surface area (TPSA) is 51.0 Å². The summed E-state index contributed by atoms with van der Waals surface area (Å²) in [5.41, 5.74) is 1.56. The van der Waals surface area contributed by atoms with Crippen LogP contribution in [0.2, 0.25) is 0 Å².